The van der Waals surface area contributed by atoms with Crippen LogP contribution in [-0.4, -0.2) is 36.6 Å². The minimum Gasteiger partial charge on any atom is -0.507 e. The van der Waals surface area contributed by atoms with E-state index in [0.717, 1.165) is 4.47 Å². The molecule has 0 fully saturated rings. The van der Waals surface area contributed by atoms with Gasteiger partial charge in [0.25, 0.3) is 10.1 Å². The lowest BCUT2D eigenvalue weighted by molar-refractivity contribution is 0.474. The summed E-state index contributed by atoms with van der Waals surface area (Å²) in [6.07, 6.45) is 1.35. The number of phenolic OH excluding ortho intramolecular Hbond substituents is 1. The molecule has 0 unspecified atom stereocenters. The van der Waals surface area contributed by atoms with Gasteiger partial charge in [-0.25, -0.2) is 0 Å². The number of phenols is 1. The highest BCUT2D eigenvalue weighted by atomic mass is 79.9. The van der Waals surface area contributed by atoms with Gasteiger partial charge in [-0.3, -0.25) is 9.55 Å². The lowest BCUT2D eigenvalue weighted by atomic mass is 10.2. The van der Waals surface area contributed by atoms with Crippen molar-refractivity contribution in [2.75, 3.05) is 12.3 Å². The van der Waals surface area contributed by atoms with Gasteiger partial charge in [0.1, 0.15) is 5.75 Å². The van der Waals surface area contributed by atoms with Crippen molar-refractivity contribution < 1.29 is 18.1 Å². The zero-order valence-corrected chi connectivity index (χ0v) is 10.6. The van der Waals surface area contributed by atoms with Crippen molar-refractivity contribution in [3.05, 3.63) is 28.2 Å². The molecule has 0 saturated carbocycles. The fourth-order valence-electron chi connectivity index (χ4n) is 0.960. The minimum atomic E-state index is -3.98. The van der Waals surface area contributed by atoms with E-state index in [1.54, 1.807) is 12.1 Å². The zero-order chi connectivity index (χ0) is 12.2. The highest BCUT2D eigenvalue weighted by molar-refractivity contribution is 9.10. The van der Waals surface area contributed by atoms with E-state index in [1.165, 1.54) is 12.3 Å². The molecule has 0 saturated heterocycles. The van der Waals surface area contributed by atoms with Crippen molar-refractivity contribution >= 4 is 32.3 Å². The molecule has 1 rings (SSSR count). The van der Waals surface area contributed by atoms with E-state index >= 15 is 0 Å². The molecule has 0 aliphatic carbocycles. The number of hydrogen-bond donors (Lipinski definition) is 2. The molecule has 0 amide bonds. The third-order valence-corrected chi connectivity index (χ3v) is 2.89. The second-order valence-corrected chi connectivity index (χ2v) is 5.51. The van der Waals surface area contributed by atoms with E-state index in [4.69, 9.17) is 4.55 Å². The zero-order valence-electron chi connectivity index (χ0n) is 8.17. The maximum absolute atomic E-state index is 10.4. The molecule has 88 valence electrons. The molecule has 2 N–H and O–H groups in total. The standard InChI is InChI=1S/C9H10BrNO4S/c10-8-1-2-9(12)7(5-8)6-11-3-4-16(13,14)15/h1-2,5-6,12H,3-4H2,(H,13,14,15). The summed E-state index contributed by atoms with van der Waals surface area (Å²) in [7, 11) is -3.98. The molecule has 7 heteroatoms. The summed E-state index contributed by atoms with van der Waals surface area (Å²) in [5, 5.41) is 9.41. The molecule has 5 nitrogen and oxygen atoms in total. The summed E-state index contributed by atoms with van der Waals surface area (Å²) in [5.74, 6) is -0.378. The largest absolute Gasteiger partial charge is 0.507 e. The van der Waals surface area contributed by atoms with Crippen LogP contribution in [0.2, 0.25) is 0 Å². The molecule has 0 atom stereocenters. The summed E-state index contributed by atoms with van der Waals surface area (Å²) in [6.45, 7) is -0.0508. The van der Waals surface area contributed by atoms with Gasteiger partial charge in [0.05, 0.1) is 12.3 Å². The highest BCUT2D eigenvalue weighted by Crippen LogP contribution is 2.19. The Hall–Kier alpha value is -0.920. The van der Waals surface area contributed by atoms with Crippen LogP contribution in [0.5, 0.6) is 5.75 Å². The monoisotopic (exact) mass is 307 g/mol. The van der Waals surface area contributed by atoms with E-state index < -0.39 is 15.9 Å². The van der Waals surface area contributed by atoms with Gasteiger partial charge in [0.15, 0.2) is 0 Å². The maximum Gasteiger partial charge on any atom is 0.266 e. The summed E-state index contributed by atoms with van der Waals surface area (Å²) in [5.41, 5.74) is 0.477. The van der Waals surface area contributed by atoms with Crippen LogP contribution in [0.4, 0.5) is 0 Å². The summed E-state index contributed by atoms with van der Waals surface area (Å²) in [4.78, 5) is 3.78. The van der Waals surface area contributed by atoms with Crippen LogP contribution in [0.3, 0.4) is 0 Å². The Balaban J connectivity index is 2.66. The Labute approximate surface area is 102 Å². The van der Waals surface area contributed by atoms with Crippen molar-refractivity contribution in [3.8, 4) is 5.75 Å². The average Bonchev–Trinajstić information content (AvgIpc) is 2.16. The van der Waals surface area contributed by atoms with Crippen molar-refractivity contribution in [1.82, 2.24) is 0 Å². The van der Waals surface area contributed by atoms with Crippen LogP contribution in [0, 0.1) is 0 Å². The first-order valence-corrected chi connectivity index (χ1v) is 6.72. The molecule has 1 aromatic carbocycles. The van der Waals surface area contributed by atoms with Gasteiger partial charge >= 0.3 is 0 Å². The van der Waals surface area contributed by atoms with Crippen molar-refractivity contribution in [2.45, 2.75) is 0 Å². The Morgan fingerprint density at radius 2 is 2.12 bits per heavy atom. The van der Waals surface area contributed by atoms with Gasteiger partial charge in [0.2, 0.25) is 0 Å². The van der Waals surface area contributed by atoms with Crippen LogP contribution in [0.25, 0.3) is 0 Å². The number of aliphatic imine (C=N–C) groups is 1. The quantitative estimate of drug-likeness (QED) is 0.651. The number of hydrogen-bond acceptors (Lipinski definition) is 4. The molecule has 0 spiro atoms. The van der Waals surface area contributed by atoms with Gasteiger partial charge in [-0.1, -0.05) is 15.9 Å². The van der Waals surface area contributed by atoms with E-state index in [-0.39, 0.29) is 12.3 Å². The lowest BCUT2D eigenvalue weighted by Crippen LogP contribution is -2.06. The van der Waals surface area contributed by atoms with Gasteiger partial charge in [-0.15, -0.1) is 0 Å². The topological polar surface area (TPSA) is 87.0 Å². The number of nitrogens with zero attached hydrogens (tertiary/aromatic N) is 1. The van der Waals surface area contributed by atoms with Crippen LogP contribution >= 0.6 is 15.9 Å². The van der Waals surface area contributed by atoms with E-state index in [1.807, 2.05) is 0 Å². The molecule has 1 aromatic rings. The molecule has 0 aliphatic heterocycles. The molecule has 0 aromatic heterocycles. The van der Waals surface area contributed by atoms with E-state index in [0.29, 0.717) is 5.56 Å². The number of benzene rings is 1. The fourth-order valence-corrected chi connectivity index (χ4v) is 1.67. The third kappa shape index (κ3) is 4.73. The molecule has 0 heterocycles. The van der Waals surface area contributed by atoms with Crippen LogP contribution in [-0.2, 0) is 10.1 Å². The normalized spacial score (nSPS) is 12.1. The smallest absolute Gasteiger partial charge is 0.266 e. The first-order valence-electron chi connectivity index (χ1n) is 4.32. The van der Waals surface area contributed by atoms with E-state index in [2.05, 4.69) is 20.9 Å². The van der Waals surface area contributed by atoms with Gasteiger partial charge in [-0.2, -0.15) is 8.42 Å². The first-order chi connectivity index (χ1) is 7.38. The van der Waals surface area contributed by atoms with Crippen molar-refractivity contribution in [3.63, 3.8) is 0 Å². The van der Waals surface area contributed by atoms with E-state index in [9.17, 15) is 13.5 Å². The van der Waals surface area contributed by atoms with Gasteiger partial charge in [0, 0.05) is 16.3 Å². The first kappa shape index (κ1) is 13.1. The summed E-state index contributed by atoms with van der Waals surface area (Å²) in [6, 6.07) is 4.81. The maximum atomic E-state index is 10.4. The molecule has 0 bridgehead atoms. The predicted molar refractivity (Wildman–Crippen MR) is 64.7 cm³/mol. The number of rotatable bonds is 4. The second-order valence-electron chi connectivity index (χ2n) is 3.02. The van der Waals surface area contributed by atoms with Crippen molar-refractivity contribution in [2.24, 2.45) is 4.99 Å². The third-order valence-electron chi connectivity index (χ3n) is 1.70. The Morgan fingerprint density at radius 3 is 2.75 bits per heavy atom. The molecule has 16 heavy (non-hydrogen) atoms. The lowest BCUT2D eigenvalue weighted by Gasteiger charge is -1.98. The van der Waals surface area contributed by atoms with Crippen molar-refractivity contribution in [1.29, 1.82) is 0 Å². The molecule has 0 aliphatic rings. The molecular formula is C9H10BrNO4S. The SMILES string of the molecule is O=S(=O)(O)CCN=Cc1cc(Br)ccc1O. The Kier molecular flexibility index (Phi) is 4.45. The second kappa shape index (κ2) is 5.42. The Bertz CT molecular complexity index is 498. The Morgan fingerprint density at radius 1 is 1.44 bits per heavy atom. The summed E-state index contributed by atoms with van der Waals surface area (Å²) >= 11 is 3.23. The fraction of sp³-hybridized carbons (Fsp3) is 0.222. The molecule has 0 radical (unpaired) electrons. The van der Waals surface area contributed by atoms with Crippen LogP contribution in [0.15, 0.2) is 27.7 Å². The highest BCUT2D eigenvalue weighted by Gasteiger charge is 2.02. The summed E-state index contributed by atoms with van der Waals surface area (Å²) < 4.78 is 30.0. The van der Waals surface area contributed by atoms with Crippen LogP contribution in [0.1, 0.15) is 5.56 Å². The average molecular weight is 308 g/mol. The van der Waals surface area contributed by atoms with Gasteiger partial charge in [-0.05, 0) is 18.2 Å². The van der Waals surface area contributed by atoms with Gasteiger partial charge < -0.3 is 5.11 Å². The van der Waals surface area contributed by atoms with Crippen LogP contribution < -0.4 is 0 Å². The number of halogens is 1. The predicted octanol–water partition coefficient (Wildman–Crippen LogP) is 1.46. The number of aromatic hydroxyl groups is 1. The minimum absolute atomic E-state index is 0.0508. The molecular weight excluding hydrogens is 298 g/mol.